The largest absolute Gasteiger partial charge is 0.495 e. The summed E-state index contributed by atoms with van der Waals surface area (Å²) >= 11 is 16.2. The van der Waals surface area contributed by atoms with E-state index in [1.807, 2.05) is 6.07 Å². The molecule has 1 aromatic rings. The molecule has 0 spiro atoms. The number of benzene rings is 1. The van der Waals surface area contributed by atoms with Gasteiger partial charge in [-0.05, 0) is 36.3 Å². The van der Waals surface area contributed by atoms with Crippen LogP contribution in [0.25, 0.3) is 0 Å². The molecule has 0 aromatic heterocycles. The van der Waals surface area contributed by atoms with Gasteiger partial charge in [0.05, 0.1) is 12.1 Å². The van der Waals surface area contributed by atoms with Crippen LogP contribution >= 0.6 is 39.1 Å². The van der Waals surface area contributed by atoms with Gasteiger partial charge in [-0.15, -0.1) is 0 Å². The Morgan fingerprint density at radius 1 is 1.29 bits per heavy atom. The van der Waals surface area contributed by atoms with Crippen LogP contribution < -0.4 is 4.74 Å². The van der Waals surface area contributed by atoms with Gasteiger partial charge in [0.1, 0.15) is 5.75 Å². The third-order valence-electron chi connectivity index (χ3n) is 3.40. The minimum absolute atomic E-state index is 0.255. The van der Waals surface area contributed by atoms with Gasteiger partial charge in [-0.1, -0.05) is 46.1 Å². The molecule has 2 unspecified atom stereocenters. The lowest BCUT2D eigenvalue weighted by atomic mass is 9.96. The first-order chi connectivity index (χ1) is 8.04. The SMILES string of the molecule is COc1cc(Cl)c(C(Br)C(C)C2CC2)cc1Cl. The third-order valence-corrected chi connectivity index (χ3v) is 5.35. The molecule has 1 saturated carbocycles. The van der Waals surface area contributed by atoms with Crippen LogP contribution in [0.4, 0.5) is 0 Å². The molecule has 1 fully saturated rings. The number of hydrogen-bond donors (Lipinski definition) is 0. The van der Waals surface area contributed by atoms with E-state index in [1.54, 1.807) is 13.2 Å². The maximum atomic E-state index is 6.28. The van der Waals surface area contributed by atoms with Crippen molar-refractivity contribution in [2.75, 3.05) is 7.11 Å². The summed E-state index contributed by atoms with van der Waals surface area (Å²) in [6.07, 6.45) is 2.65. The second kappa shape index (κ2) is 5.38. The Balaban J connectivity index is 2.28. The highest BCUT2D eigenvalue weighted by atomic mass is 79.9. The van der Waals surface area contributed by atoms with Gasteiger partial charge in [-0.3, -0.25) is 0 Å². The lowest BCUT2D eigenvalue weighted by Crippen LogP contribution is -2.06. The summed E-state index contributed by atoms with van der Waals surface area (Å²) in [7, 11) is 1.59. The lowest BCUT2D eigenvalue weighted by molar-refractivity contribution is 0.414. The van der Waals surface area contributed by atoms with Crippen LogP contribution in [0.15, 0.2) is 12.1 Å². The van der Waals surface area contributed by atoms with Gasteiger partial charge in [0.2, 0.25) is 0 Å². The van der Waals surface area contributed by atoms with Gasteiger partial charge in [0.25, 0.3) is 0 Å². The zero-order valence-electron chi connectivity index (χ0n) is 9.84. The smallest absolute Gasteiger partial charge is 0.138 e. The molecule has 2 atom stereocenters. The molecule has 4 heteroatoms. The van der Waals surface area contributed by atoms with Crippen LogP contribution in [0, 0.1) is 11.8 Å². The molecule has 1 aliphatic rings. The first-order valence-electron chi connectivity index (χ1n) is 5.71. The van der Waals surface area contributed by atoms with E-state index in [0.29, 0.717) is 21.7 Å². The molecule has 94 valence electrons. The van der Waals surface area contributed by atoms with E-state index in [1.165, 1.54) is 12.8 Å². The van der Waals surface area contributed by atoms with Gasteiger partial charge in [0.15, 0.2) is 0 Å². The number of methoxy groups -OCH3 is 1. The second-order valence-electron chi connectivity index (χ2n) is 4.61. The predicted molar refractivity (Wildman–Crippen MR) is 76.6 cm³/mol. The molecular weight excluding hydrogens is 323 g/mol. The lowest BCUT2D eigenvalue weighted by Gasteiger charge is -2.20. The first kappa shape index (κ1) is 13.5. The number of rotatable bonds is 4. The van der Waals surface area contributed by atoms with Crippen LogP contribution in [-0.2, 0) is 0 Å². The van der Waals surface area contributed by atoms with Crippen molar-refractivity contribution in [2.45, 2.75) is 24.6 Å². The summed E-state index contributed by atoms with van der Waals surface area (Å²) in [6, 6.07) is 3.69. The molecule has 0 saturated heterocycles. The quantitative estimate of drug-likeness (QED) is 0.660. The van der Waals surface area contributed by atoms with E-state index in [9.17, 15) is 0 Å². The molecule has 1 nitrogen and oxygen atoms in total. The van der Waals surface area contributed by atoms with Crippen molar-refractivity contribution in [3.05, 3.63) is 27.7 Å². The summed E-state index contributed by atoms with van der Waals surface area (Å²) in [5.74, 6) is 2.02. The minimum Gasteiger partial charge on any atom is -0.495 e. The summed E-state index contributed by atoms with van der Waals surface area (Å²) in [4.78, 5) is 0.255. The van der Waals surface area contributed by atoms with E-state index in [0.717, 1.165) is 11.5 Å². The van der Waals surface area contributed by atoms with Crippen molar-refractivity contribution in [2.24, 2.45) is 11.8 Å². The Morgan fingerprint density at radius 2 is 1.94 bits per heavy atom. The molecule has 0 N–H and O–H groups in total. The first-order valence-corrected chi connectivity index (χ1v) is 7.38. The molecule has 0 bridgehead atoms. The van der Waals surface area contributed by atoms with Crippen molar-refractivity contribution in [1.29, 1.82) is 0 Å². The highest BCUT2D eigenvalue weighted by Gasteiger charge is 2.33. The van der Waals surface area contributed by atoms with E-state index in [4.69, 9.17) is 27.9 Å². The maximum absolute atomic E-state index is 6.28. The summed E-state index contributed by atoms with van der Waals surface area (Å²) in [5, 5.41) is 1.32. The topological polar surface area (TPSA) is 9.23 Å². The van der Waals surface area contributed by atoms with Crippen molar-refractivity contribution < 1.29 is 4.74 Å². The average molecular weight is 338 g/mol. The summed E-state index contributed by atoms with van der Waals surface area (Å²) in [5.41, 5.74) is 1.05. The summed E-state index contributed by atoms with van der Waals surface area (Å²) in [6.45, 7) is 2.26. The third kappa shape index (κ3) is 2.91. The van der Waals surface area contributed by atoms with E-state index >= 15 is 0 Å². The maximum Gasteiger partial charge on any atom is 0.138 e. The van der Waals surface area contributed by atoms with Crippen molar-refractivity contribution in [3.63, 3.8) is 0 Å². The molecule has 17 heavy (non-hydrogen) atoms. The van der Waals surface area contributed by atoms with Gasteiger partial charge in [0, 0.05) is 15.9 Å². The standard InChI is InChI=1S/C13H15BrCl2O/c1-7(8-3-4-8)13(14)9-5-11(16)12(17-2)6-10(9)15/h5-8,13H,3-4H2,1-2H3. The Kier molecular flexibility index (Phi) is 4.27. The second-order valence-corrected chi connectivity index (χ2v) is 6.41. The molecule has 0 amide bonds. The molecule has 0 radical (unpaired) electrons. The number of halogens is 3. The Bertz CT molecular complexity index is 418. The highest BCUT2D eigenvalue weighted by molar-refractivity contribution is 9.09. The van der Waals surface area contributed by atoms with E-state index in [-0.39, 0.29) is 4.83 Å². The number of alkyl halides is 1. The van der Waals surface area contributed by atoms with Crippen LogP contribution in [0.5, 0.6) is 5.75 Å². The van der Waals surface area contributed by atoms with E-state index in [2.05, 4.69) is 22.9 Å². The van der Waals surface area contributed by atoms with Gasteiger partial charge >= 0.3 is 0 Å². The van der Waals surface area contributed by atoms with Crippen molar-refractivity contribution >= 4 is 39.1 Å². The monoisotopic (exact) mass is 336 g/mol. The van der Waals surface area contributed by atoms with Crippen molar-refractivity contribution in [1.82, 2.24) is 0 Å². The van der Waals surface area contributed by atoms with Crippen molar-refractivity contribution in [3.8, 4) is 5.75 Å². The highest BCUT2D eigenvalue weighted by Crippen LogP contribution is 2.48. The molecule has 1 aliphatic carbocycles. The fourth-order valence-corrected chi connectivity index (χ4v) is 3.52. The van der Waals surface area contributed by atoms with E-state index < -0.39 is 0 Å². The van der Waals surface area contributed by atoms with Crippen LogP contribution in [0.3, 0.4) is 0 Å². The number of hydrogen-bond acceptors (Lipinski definition) is 1. The fourth-order valence-electron chi connectivity index (χ4n) is 2.06. The molecule has 1 aromatic carbocycles. The van der Waals surface area contributed by atoms with Gasteiger partial charge in [-0.25, -0.2) is 0 Å². The Morgan fingerprint density at radius 3 is 2.47 bits per heavy atom. The zero-order chi connectivity index (χ0) is 12.6. The van der Waals surface area contributed by atoms with Crippen LogP contribution in [0.1, 0.15) is 30.2 Å². The Labute approximate surface area is 121 Å². The average Bonchev–Trinajstić information content (AvgIpc) is 3.13. The van der Waals surface area contributed by atoms with Gasteiger partial charge < -0.3 is 4.74 Å². The zero-order valence-corrected chi connectivity index (χ0v) is 12.9. The minimum atomic E-state index is 0.255. The fraction of sp³-hybridized carbons (Fsp3) is 0.538. The van der Waals surface area contributed by atoms with Crippen LogP contribution in [-0.4, -0.2) is 7.11 Å². The molecular formula is C13H15BrCl2O. The number of ether oxygens (including phenoxy) is 1. The molecule has 0 heterocycles. The van der Waals surface area contributed by atoms with Crippen LogP contribution in [0.2, 0.25) is 10.0 Å². The predicted octanol–water partition coefficient (Wildman–Crippen LogP) is 5.48. The molecule has 2 rings (SSSR count). The Hall–Kier alpha value is 0.0800. The normalized spacial score (nSPS) is 18.9. The summed E-state index contributed by atoms with van der Waals surface area (Å²) < 4.78 is 5.15. The molecule has 0 aliphatic heterocycles. The van der Waals surface area contributed by atoms with Gasteiger partial charge in [-0.2, -0.15) is 0 Å².